The Morgan fingerprint density at radius 3 is 2.69 bits per heavy atom. The van der Waals surface area contributed by atoms with Gasteiger partial charge in [0.15, 0.2) is 0 Å². The number of para-hydroxylation sites is 1. The largest absolute Gasteiger partial charge is 0.491 e. The van der Waals surface area contributed by atoms with Gasteiger partial charge in [-0.1, -0.05) is 18.2 Å². The van der Waals surface area contributed by atoms with E-state index in [4.69, 9.17) is 14.9 Å². The smallest absolute Gasteiger partial charge is 0.127 e. The van der Waals surface area contributed by atoms with Crippen LogP contribution in [0.15, 0.2) is 18.2 Å². The molecule has 2 N–H and O–H groups in total. The molecule has 0 radical (unpaired) electrons. The molecule has 0 heterocycles. The van der Waals surface area contributed by atoms with Gasteiger partial charge in [-0.3, -0.25) is 0 Å². The summed E-state index contributed by atoms with van der Waals surface area (Å²) >= 11 is 0. The molecule has 0 aliphatic heterocycles. The Hall–Kier alpha value is -1.06. The summed E-state index contributed by atoms with van der Waals surface area (Å²) in [4.78, 5) is 0. The Balaban J connectivity index is 2.87. The van der Waals surface area contributed by atoms with E-state index in [2.05, 4.69) is 0 Å². The standard InChI is InChI=1S/C10H14O3/c1-8-3-2-4-9(7-12)10(8)13-6-5-11/h2-4,11-12H,5-7H2,1H3. The lowest BCUT2D eigenvalue weighted by Crippen LogP contribution is -2.05. The molecule has 0 saturated carbocycles. The second kappa shape index (κ2) is 4.84. The van der Waals surface area contributed by atoms with Crippen LogP contribution in [0.3, 0.4) is 0 Å². The maximum Gasteiger partial charge on any atom is 0.127 e. The molecule has 3 nitrogen and oxygen atoms in total. The SMILES string of the molecule is Cc1cccc(CO)c1OCCO. The van der Waals surface area contributed by atoms with Crippen molar-refractivity contribution in [3.8, 4) is 5.75 Å². The second-order valence-corrected chi connectivity index (χ2v) is 2.79. The zero-order valence-corrected chi connectivity index (χ0v) is 7.66. The Morgan fingerprint density at radius 2 is 2.08 bits per heavy atom. The van der Waals surface area contributed by atoms with Crippen LogP contribution in [0.4, 0.5) is 0 Å². The number of benzene rings is 1. The predicted molar refractivity (Wildman–Crippen MR) is 49.7 cm³/mol. The van der Waals surface area contributed by atoms with Gasteiger partial charge in [0.25, 0.3) is 0 Å². The van der Waals surface area contributed by atoms with Gasteiger partial charge in [-0.15, -0.1) is 0 Å². The minimum Gasteiger partial charge on any atom is -0.491 e. The van der Waals surface area contributed by atoms with Crippen LogP contribution in [0.25, 0.3) is 0 Å². The van der Waals surface area contributed by atoms with Crippen LogP contribution in [0.1, 0.15) is 11.1 Å². The highest BCUT2D eigenvalue weighted by molar-refractivity contribution is 5.40. The maximum absolute atomic E-state index is 9.00. The molecule has 0 fully saturated rings. The Labute approximate surface area is 77.6 Å². The van der Waals surface area contributed by atoms with Crippen molar-refractivity contribution >= 4 is 0 Å². The minimum atomic E-state index is -0.0392. The minimum absolute atomic E-state index is 0.0147. The maximum atomic E-state index is 9.00. The van der Waals surface area contributed by atoms with Crippen molar-refractivity contribution in [1.82, 2.24) is 0 Å². The van der Waals surface area contributed by atoms with Crippen molar-refractivity contribution in [2.45, 2.75) is 13.5 Å². The first kappa shape index (κ1) is 10.0. The van der Waals surface area contributed by atoms with Gasteiger partial charge in [0.1, 0.15) is 12.4 Å². The van der Waals surface area contributed by atoms with E-state index in [9.17, 15) is 0 Å². The fourth-order valence-electron chi connectivity index (χ4n) is 1.19. The van der Waals surface area contributed by atoms with E-state index in [0.717, 1.165) is 11.1 Å². The Bertz CT molecular complexity index is 271. The lowest BCUT2D eigenvalue weighted by Gasteiger charge is -2.11. The topological polar surface area (TPSA) is 49.7 Å². The number of aliphatic hydroxyl groups excluding tert-OH is 2. The summed E-state index contributed by atoms with van der Waals surface area (Å²) in [6.07, 6.45) is 0. The van der Waals surface area contributed by atoms with Crippen LogP contribution in [-0.2, 0) is 6.61 Å². The zero-order valence-electron chi connectivity index (χ0n) is 7.66. The molecular formula is C10H14O3. The average Bonchev–Trinajstić information content (AvgIpc) is 2.15. The molecule has 0 saturated heterocycles. The summed E-state index contributed by atoms with van der Waals surface area (Å²) in [5.74, 6) is 0.680. The molecule has 0 aromatic heterocycles. The highest BCUT2D eigenvalue weighted by atomic mass is 16.5. The van der Waals surface area contributed by atoms with Gasteiger partial charge in [-0.25, -0.2) is 0 Å². The highest BCUT2D eigenvalue weighted by Gasteiger charge is 2.04. The third-order valence-corrected chi connectivity index (χ3v) is 1.80. The molecule has 0 spiro atoms. The summed E-state index contributed by atoms with van der Waals surface area (Å²) in [5, 5.41) is 17.6. The van der Waals surface area contributed by atoms with Crippen LogP contribution in [-0.4, -0.2) is 23.4 Å². The zero-order chi connectivity index (χ0) is 9.68. The van der Waals surface area contributed by atoms with Crippen molar-refractivity contribution in [3.63, 3.8) is 0 Å². The lowest BCUT2D eigenvalue weighted by atomic mass is 10.1. The predicted octanol–water partition coefficient (Wildman–Crippen LogP) is 0.858. The van der Waals surface area contributed by atoms with E-state index in [-0.39, 0.29) is 19.8 Å². The molecule has 0 aliphatic carbocycles. The molecule has 0 bridgehead atoms. The van der Waals surface area contributed by atoms with Gasteiger partial charge in [-0.2, -0.15) is 0 Å². The number of rotatable bonds is 4. The van der Waals surface area contributed by atoms with E-state index in [1.807, 2.05) is 19.1 Å². The lowest BCUT2D eigenvalue weighted by molar-refractivity contribution is 0.195. The van der Waals surface area contributed by atoms with E-state index < -0.39 is 0 Å². The normalized spacial score (nSPS) is 10.1. The highest BCUT2D eigenvalue weighted by Crippen LogP contribution is 2.22. The molecule has 0 atom stereocenters. The molecule has 1 aromatic rings. The summed E-state index contributed by atoms with van der Waals surface area (Å²) in [6, 6.07) is 5.58. The Morgan fingerprint density at radius 1 is 1.31 bits per heavy atom. The van der Waals surface area contributed by atoms with Gasteiger partial charge in [0.05, 0.1) is 13.2 Å². The van der Waals surface area contributed by atoms with Crippen LogP contribution >= 0.6 is 0 Å². The third-order valence-electron chi connectivity index (χ3n) is 1.80. The average molecular weight is 182 g/mol. The fraction of sp³-hybridized carbons (Fsp3) is 0.400. The molecule has 0 amide bonds. The molecule has 0 aliphatic rings. The summed E-state index contributed by atoms with van der Waals surface area (Å²) in [5.41, 5.74) is 1.73. The van der Waals surface area contributed by atoms with E-state index >= 15 is 0 Å². The monoisotopic (exact) mass is 182 g/mol. The van der Waals surface area contributed by atoms with Gasteiger partial charge in [-0.05, 0) is 12.5 Å². The number of aryl methyl sites for hydroxylation is 1. The van der Waals surface area contributed by atoms with Crippen LogP contribution in [0.2, 0.25) is 0 Å². The van der Waals surface area contributed by atoms with E-state index in [1.165, 1.54) is 0 Å². The first-order valence-corrected chi connectivity index (χ1v) is 4.22. The number of ether oxygens (including phenoxy) is 1. The van der Waals surface area contributed by atoms with Crippen LogP contribution in [0, 0.1) is 6.92 Å². The van der Waals surface area contributed by atoms with Gasteiger partial charge < -0.3 is 14.9 Å². The van der Waals surface area contributed by atoms with Crippen molar-refractivity contribution in [1.29, 1.82) is 0 Å². The van der Waals surface area contributed by atoms with E-state index in [1.54, 1.807) is 6.07 Å². The molecule has 0 unspecified atom stereocenters. The van der Waals surface area contributed by atoms with Gasteiger partial charge in [0, 0.05) is 5.56 Å². The number of hydrogen-bond donors (Lipinski definition) is 2. The fourth-order valence-corrected chi connectivity index (χ4v) is 1.19. The third kappa shape index (κ3) is 2.44. The number of aliphatic hydroxyl groups is 2. The second-order valence-electron chi connectivity index (χ2n) is 2.79. The first-order valence-electron chi connectivity index (χ1n) is 4.22. The van der Waals surface area contributed by atoms with Crippen molar-refractivity contribution in [3.05, 3.63) is 29.3 Å². The Kier molecular flexibility index (Phi) is 3.73. The molecule has 13 heavy (non-hydrogen) atoms. The summed E-state index contributed by atoms with van der Waals surface area (Å²) < 4.78 is 5.30. The van der Waals surface area contributed by atoms with Crippen molar-refractivity contribution in [2.75, 3.05) is 13.2 Å². The van der Waals surface area contributed by atoms with Crippen molar-refractivity contribution in [2.24, 2.45) is 0 Å². The van der Waals surface area contributed by atoms with E-state index in [0.29, 0.717) is 5.75 Å². The molecule has 1 rings (SSSR count). The van der Waals surface area contributed by atoms with Crippen molar-refractivity contribution < 1.29 is 14.9 Å². The molecular weight excluding hydrogens is 168 g/mol. The quantitative estimate of drug-likeness (QED) is 0.726. The van der Waals surface area contributed by atoms with Crippen LogP contribution < -0.4 is 4.74 Å². The molecule has 72 valence electrons. The summed E-state index contributed by atoms with van der Waals surface area (Å²) in [7, 11) is 0. The van der Waals surface area contributed by atoms with Gasteiger partial charge in [0.2, 0.25) is 0 Å². The summed E-state index contributed by atoms with van der Waals surface area (Å²) in [6.45, 7) is 2.12. The molecule has 3 heteroatoms. The van der Waals surface area contributed by atoms with Gasteiger partial charge >= 0.3 is 0 Å². The van der Waals surface area contributed by atoms with Crippen LogP contribution in [0.5, 0.6) is 5.75 Å². The first-order chi connectivity index (χ1) is 6.29. The number of hydrogen-bond acceptors (Lipinski definition) is 3. The molecule has 1 aromatic carbocycles.